The van der Waals surface area contributed by atoms with Gasteiger partial charge in [-0.1, -0.05) is 232 Å². The maximum absolute atomic E-state index is 11.2. The van der Waals surface area contributed by atoms with Gasteiger partial charge in [0.05, 0.1) is 30.7 Å². The molecule has 19 heteroatoms. The molecule has 0 atom stereocenters. The second kappa shape index (κ2) is 35.7. The number of aliphatic imine (C=N–C) groups is 1. The van der Waals surface area contributed by atoms with Crippen molar-refractivity contribution >= 4 is 43.2 Å². The van der Waals surface area contributed by atoms with E-state index >= 15 is 0 Å². The lowest BCUT2D eigenvalue weighted by Crippen LogP contribution is -2.45. The van der Waals surface area contributed by atoms with Crippen LogP contribution >= 0.6 is 0 Å². The molecular weight excluding hydrogens is 1230 g/mol. The second-order valence-electron chi connectivity index (χ2n) is 35.4. The number of aromatic nitrogens is 7. The van der Waals surface area contributed by atoms with Gasteiger partial charge in [-0.15, -0.1) is 10.2 Å². The maximum atomic E-state index is 11.2. The molecule has 0 unspecified atom stereocenters. The molecule has 0 saturated heterocycles. The van der Waals surface area contributed by atoms with E-state index in [0.29, 0.717) is 31.1 Å². The third-order valence-corrected chi connectivity index (χ3v) is 16.8. The van der Waals surface area contributed by atoms with Gasteiger partial charge >= 0.3 is 20.7 Å². The van der Waals surface area contributed by atoms with E-state index in [0.717, 1.165) is 50.0 Å². The monoisotopic (exact) mass is 1360 g/mol. The molecule has 6 aromatic rings. The molecule has 3 N–H and O–H groups in total. The number of carbonyl (C=O) groups excluding carboxylic acids is 1. The van der Waals surface area contributed by atoms with Gasteiger partial charge in [0.2, 0.25) is 0 Å². The molecule has 0 spiro atoms. The molecule has 16 nitrogen and oxygen atoms in total. The number of benzene rings is 3. The Kier molecular flexibility index (Phi) is 31.1. The Morgan fingerprint density at radius 2 is 1.15 bits per heavy atom. The summed E-state index contributed by atoms with van der Waals surface area (Å²) in [5.41, 5.74) is 17.2. The van der Waals surface area contributed by atoms with Crippen LogP contribution in [0.5, 0.6) is 5.75 Å². The predicted molar refractivity (Wildman–Crippen MR) is 418 cm³/mol. The third kappa shape index (κ3) is 28.3. The highest BCUT2D eigenvalue weighted by Crippen LogP contribution is 2.36. The molecule has 99 heavy (non-hydrogen) atoms. The van der Waals surface area contributed by atoms with E-state index in [2.05, 4.69) is 279 Å². The van der Waals surface area contributed by atoms with Gasteiger partial charge in [0.15, 0.2) is 17.5 Å². The van der Waals surface area contributed by atoms with Crippen LogP contribution in [-0.2, 0) is 66.3 Å². The molecule has 0 saturated carbocycles. The molecule has 0 fully saturated rings. The van der Waals surface area contributed by atoms with Crippen LogP contribution in [0.1, 0.15) is 259 Å². The molecular formula is C80H129B3N10O6. The fourth-order valence-corrected chi connectivity index (χ4v) is 10.6. The Balaban J connectivity index is 0.000000291. The van der Waals surface area contributed by atoms with E-state index in [9.17, 15) is 9.90 Å². The topological polar surface area (TPSA) is 191 Å². The number of oxazole rings is 1. The summed E-state index contributed by atoms with van der Waals surface area (Å²) in [6.07, 6.45) is 18.2. The number of aliphatic hydroxyl groups excluding tert-OH is 1. The van der Waals surface area contributed by atoms with Crippen molar-refractivity contribution in [3.63, 3.8) is 0 Å². The molecule has 3 aromatic heterocycles. The molecule has 0 amide bonds. The number of hydrogen-bond acceptors (Lipinski definition) is 14. The Bertz CT molecular complexity index is 3440. The van der Waals surface area contributed by atoms with Crippen LogP contribution in [0.3, 0.4) is 0 Å². The smallest absolute Gasteiger partial charge is 0.359 e. The van der Waals surface area contributed by atoms with Crippen LogP contribution in [0.2, 0.25) is 20.5 Å². The van der Waals surface area contributed by atoms with E-state index in [1.165, 1.54) is 50.0 Å². The summed E-state index contributed by atoms with van der Waals surface area (Å²) in [7, 11) is 0. The summed E-state index contributed by atoms with van der Waals surface area (Å²) >= 11 is 0. The highest BCUT2D eigenvalue weighted by molar-refractivity contribution is 6.68. The number of tetrazole rings is 1. The number of H-pyrrole nitrogens is 1. The van der Waals surface area contributed by atoms with Gasteiger partial charge in [-0.2, -0.15) is 10.3 Å². The summed E-state index contributed by atoms with van der Waals surface area (Å²) in [5.74, 6) is 3.03. The van der Waals surface area contributed by atoms with Crippen LogP contribution in [0, 0.1) is 10.8 Å². The van der Waals surface area contributed by atoms with E-state index in [4.69, 9.17) is 18.4 Å². The zero-order valence-corrected chi connectivity index (χ0v) is 66.1. The lowest BCUT2D eigenvalue weighted by atomic mass is 9.63. The van der Waals surface area contributed by atoms with Crippen LogP contribution in [-0.4, -0.2) is 89.8 Å². The molecule has 0 radical (unpaired) electrons. The molecule has 5 aliphatic heterocycles. The number of nitrogens with one attached hydrogen (secondary N) is 2. The summed E-state index contributed by atoms with van der Waals surface area (Å²) in [6.45, 7) is 67.7. The van der Waals surface area contributed by atoms with Crippen LogP contribution in [0.25, 0.3) is 0 Å². The van der Waals surface area contributed by atoms with Gasteiger partial charge in [0.1, 0.15) is 12.0 Å². The van der Waals surface area contributed by atoms with Crippen molar-refractivity contribution in [1.82, 2.24) is 45.8 Å². The molecule has 6 aliphatic rings. The van der Waals surface area contributed by atoms with Crippen molar-refractivity contribution < 1.29 is 28.3 Å². The normalized spacial score (nSPS) is 15.6. The maximum Gasteiger partial charge on any atom is 0.359 e. The first-order valence-electron chi connectivity index (χ1n) is 35.2. The van der Waals surface area contributed by atoms with E-state index in [1.54, 1.807) is 18.7 Å². The zero-order chi connectivity index (χ0) is 74.2. The molecule has 3 aromatic carbocycles. The van der Waals surface area contributed by atoms with Crippen molar-refractivity contribution in [2.24, 2.45) is 15.8 Å². The van der Waals surface area contributed by atoms with Crippen molar-refractivity contribution in [1.29, 1.82) is 0 Å². The summed E-state index contributed by atoms with van der Waals surface area (Å²) in [5, 5.41) is 29.2. The molecule has 12 rings (SSSR count). The van der Waals surface area contributed by atoms with Crippen LogP contribution in [0.15, 0.2) is 131 Å². The average Bonchev–Trinajstić information content (AvgIpc) is 1.73. The van der Waals surface area contributed by atoms with Crippen molar-refractivity contribution in [3.8, 4) is 5.75 Å². The van der Waals surface area contributed by atoms with Gasteiger partial charge in [-0.25, -0.2) is 9.99 Å². The molecule has 0 bridgehead atoms. The quantitative estimate of drug-likeness (QED) is 0.122. The molecule has 1 aliphatic carbocycles. The van der Waals surface area contributed by atoms with Gasteiger partial charge in [0, 0.05) is 83.7 Å². The van der Waals surface area contributed by atoms with Gasteiger partial charge in [-0.3, -0.25) is 14.5 Å². The zero-order valence-electron chi connectivity index (χ0n) is 66.1. The van der Waals surface area contributed by atoms with Crippen molar-refractivity contribution in [3.05, 3.63) is 166 Å². The number of rotatable bonds is 0. The molecule has 8 heterocycles. The largest absolute Gasteiger partial charge is 0.561 e. The summed E-state index contributed by atoms with van der Waals surface area (Å²) < 4.78 is 23.9. The van der Waals surface area contributed by atoms with Crippen molar-refractivity contribution in [2.45, 2.75) is 292 Å². The number of carbonyl (C=O) groups is 1. The number of hydrazine groups is 1. The minimum Gasteiger partial charge on any atom is -0.561 e. The first-order valence-corrected chi connectivity index (χ1v) is 35.2. The second-order valence-corrected chi connectivity index (χ2v) is 35.4. The number of aliphatic hydroxyl groups is 1. The van der Waals surface area contributed by atoms with Crippen LogP contribution < -0.4 is 21.0 Å². The van der Waals surface area contributed by atoms with Gasteiger partial charge in [0.25, 0.3) is 0 Å². The van der Waals surface area contributed by atoms with Crippen LogP contribution in [0.4, 0.5) is 0 Å². The average molecular weight is 1360 g/mol. The summed E-state index contributed by atoms with van der Waals surface area (Å²) in [6, 6.07) is 22.0. The van der Waals surface area contributed by atoms with Crippen molar-refractivity contribution in [2.75, 3.05) is 6.54 Å². The number of fused-ring (bicyclic) bond motifs is 3. The lowest BCUT2D eigenvalue weighted by molar-refractivity contribution is -0.115. The highest BCUT2D eigenvalue weighted by atomic mass is 16.4. The SMILES string of the molecule is C.CB1Cc2ccc(C(C)(C)C)cc2O1.CB1OCc2cc(C(C)(C)C)ccc21.CB1OCc2ccc(C(C)(C)C)cc21.CC(C)(C)C1=C(O)CCC1=O.CC(C)(C)C1=NC=CC1.CC(C)(C)N1CC=CN1.CC(C)(C)c1ncco1.CC(C)(C)c1nn[nH]n1.CC(C)(C)n1cccn1. The first kappa shape index (κ1) is 86.4. The van der Waals surface area contributed by atoms with E-state index in [1.807, 2.05) is 70.9 Å². The Labute approximate surface area is 600 Å². The number of allylic oxidation sites excluding steroid dienone is 3. The van der Waals surface area contributed by atoms with E-state index < -0.39 is 0 Å². The number of aromatic amines is 1. The number of hydrogen-bond donors (Lipinski definition) is 3. The fraction of sp³-hybridized carbons (Fsp3) is 0.588. The Morgan fingerprint density at radius 1 is 0.586 bits per heavy atom. The number of ketones is 1. The molecule has 544 valence electrons. The number of Topliss-reactive ketones (excluding diaryl/α,β-unsaturated/α-hetero) is 1. The highest BCUT2D eigenvalue weighted by Gasteiger charge is 2.33. The predicted octanol–water partition coefficient (Wildman–Crippen LogP) is 18.2. The van der Waals surface area contributed by atoms with E-state index in [-0.39, 0.29) is 76.0 Å². The lowest BCUT2D eigenvalue weighted by Gasteiger charge is -2.31. The standard InChI is InChI=1S/3C12H17BO.C9H14O2.C8H13N.C7H14N2.C7H12N2.C7H11NO.C5H10N4.CH4/c1-12(2,3)10-5-6-11-9(7-10)8-14-13(11)4;1-12(2,3)10-6-5-9-8-14-13(4)11(9)7-10;1-12(2,3)10-6-5-9-8-13(4)14-11(9)7-10;1-9(2,3)8-6(10)4-5-7(8)11;1-8(2,3)7-5-4-6-9-7;2*1-7(2,3)9-6-4-5-8-9;1-7(2,3)6-8-4-5-9-6;1-5(2,3)4-6-8-9-7-4;/h3*5-7H,8H2,1-4H3;10H,4-5H2,1-3H3;4,6H,5H2,1-3H3;4-5,8H,6H2,1-3H3;4-6H,1-3H3;4-5H,1-3H3;1-3H3,(H,6,7,8,9);1H4. The summed E-state index contributed by atoms with van der Waals surface area (Å²) in [4.78, 5) is 19.5. The Hall–Kier alpha value is -6.82. The minimum absolute atomic E-state index is 0. The number of nitrogens with zero attached hydrogens (tertiary/aromatic N) is 8. The fourth-order valence-electron chi connectivity index (χ4n) is 10.6. The van der Waals surface area contributed by atoms with Gasteiger partial charge < -0.3 is 28.9 Å². The first-order chi connectivity index (χ1) is 44.9. The van der Waals surface area contributed by atoms with Gasteiger partial charge in [-0.05, 0) is 133 Å². The third-order valence-electron chi connectivity index (χ3n) is 16.8. The Morgan fingerprint density at radius 3 is 1.53 bits per heavy atom. The minimum atomic E-state index is -0.197.